The first kappa shape index (κ1) is 17.2. The molecule has 0 bridgehead atoms. The Labute approximate surface area is 138 Å². The summed E-state index contributed by atoms with van der Waals surface area (Å²) in [4.78, 5) is 16.2. The van der Waals surface area contributed by atoms with E-state index in [1.165, 1.54) is 4.90 Å². The summed E-state index contributed by atoms with van der Waals surface area (Å²) in [5.74, 6) is -4.25. The number of fused-ring (bicyclic) bond motifs is 1. The van der Waals surface area contributed by atoms with Crippen molar-refractivity contribution in [2.45, 2.75) is 25.3 Å². The Balaban J connectivity index is 1.84. The van der Waals surface area contributed by atoms with Crippen LogP contribution in [0.15, 0.2) is 12.1 Å². The number of carbonyl (C=O) groups is 1. The number of rotatable bonds is 2. The van der Waals surface area contributed by atoms with Gasteiger partial charge in [-0.05, 0) is 38.9 Å². The number of benzene rings is 1. The SMILES string of the molecule is CN1CCC[C@]2(CO)CCN(C(=O)c3cc(F)c(F)cc3F)C[C@@H]12. The fourth-order valence-electron chi connectivity index (χ4n) is 4.06. The molecule has 7 heteroatoms. The third kappa shape index (κ3) is 2.80. The van der Waals surface area contributed by atoms with E-state index in [0.29, 0.717) is 31.6 Å². The lowest BCUT2D eigenvalue weighted by Crippen LogP contribution is -2.62. The van der Waals surface area contributed by atoms with Crippen LogP contribution in [0.25, 0.3) is 0 Å². The smallest absolute Gasteiger partial charge is 0.256 e. The van der Waals surface area contributed by atoms with Gasteiger partial charge in [0.2, 0.25) is 0 Å². The number of nitrogens with zero attached hydrogens (tertiary/aromatic N) is 2. The van der Waals surface area contributed by atoms with Crippen molar-refractivity contribution >= 4 is 5.91 Å². The van der Waals surface area contributed by atoms with Crippen molar-refractivity contribution in [2.75, 3.05) is 33.3 Å². The van der Waals surface area contributed by atoms with Gasteiger partial charge in [-0.25, -0.2) is 13.2 Å². The van der Waals surface area contributed by atoms with E-state index in [-0.39, 0.29) is 18.1 Å². The molecule has 0 aliphatic carbocycles. The average Bonchev–Trinajstić information content (AvgIpc) is 2.57. The Morgan fingerprint density at radius 1 is 1.21 bits per heavy atom. The van der Waals surface area contributed by atoms with Crippen LogP contribution in [0.2, 0.25) is 0 Å². The molecule has 1 aromatic rings. The lowest BCUT2D eigenvalue weighted by molar-refractivity contribution is -0.0602. The van der Waals surface area contributed by atoms with Crippen LogP contribution in [0.5, 0.6) is 0 Å². The van der Waals surface area contributed by atoms with Crippen molar-refractivity contribution in [1.29, 1.82) is 0 Å². The minimum atomic E-state index is -1.31. The van der Waals surface area contributed by atoms with Crippen molar-refractivity contribution in [3.05, 3.63) is 35.1 Å². The van der Waals surface area contributed by atoms with E-state index in [2.05, 4.69) is 4.90 Å². The molecule has 1 amide bonds. The zero-order valence-electron chi connectivity index (χ0n) is 13.6. The zero-order valence-corrected chi connectivity index (χ0v) is 13.6. The number of likely N-dealkylation sites (N-methyl/N-ethyl adjacent to an activating group) is 1. The fraction of sp³-hybridized carbons (Fsp3) is 0.588. The average molecular weight is 342 g/mol. The predicted octanol–water partition coefficient (Wildman–Crippen LogP) is 2.02. The van der Waals surface area contributed by atoms with E-state index in [9.17, 15) is 23.1 Å². The molecule has 132 valence electrons. The molecule has 3 rings (SSSR count). The van der Waals surface area contributed by atoms with Gasteiger partial charge in [-0.15, -0.1) is 0 Å². The largest absolute Gasteiger partial charge is 0.396 e. The van der Waals surface area contributed by atoms with Crippen LogP contribution >= 0.6 is 0 Å². The van der Waals surface area contributed by atoms with Crippen LogP contribution in [0.1, 0.15) is 29.6 Å². The Hall–Kier alpha value is -1.60. The molecule has 2 aliphatic heterocycles. The van der Waals surface area contributed by atoms with Crippen molar-refractivity contribution in [3.63, 3.8) is 0 Å². The monoisotopic (exact) mass is 342 g/mol. The molecule has 2 aliphatic rings. The highest BCUT2D eigenvalue weighted by molar-refractivity contribution is 5.94. The lowest BCUT2D eigenvalue weighted by Gasteiger charge is -2.53. The number of piperidine rings is 2. The summed E-state index contributed by atoms with van der Waals surface area (Å²) in [6.07, 6.45) is 2.48. The molecule has 2 heterocycles. The highest BCUT2D eigenvalue weighted by Gasteiger charge is 2.47. The van der Waals surface area contributed by atoms with Crippen molar-refractivity contribution in [2.24, 2.45) is 5.41 Å². The molecule has 24 heavy (non-hydrogen) atoms. The third-order valence-electron chi connectivity index (χ3n) is 5.54. The number of hydrogen-bond donors (Lipinski definition) is 1. The first-order valence-electron chi connectivity index (χ1n) is 8.13. The molecule has 1 N–H and O–H groups in total. The maximum atomic E-state index is 13.9. The fourth-order valence-corrected chi connectivity index (χ4v) is 4.06. The van der Waals surface area contributed by atoms with Crippen LogP contribution in [0.3, 0.4) is 0 Å². The molecule has 4 nitrogen and oxygen atoms in total. The molecular weight excluding hydrogens is 321 g/mol. The summed E-state index contributed by atoms with van der Waals surface area (Å²) in [5.41, 5.74) is -0.708. The first-order valence-corrected chi connectivity index (χ1v) is 8.13. The molecule has 2 fully saturated rings. The maximum absolute atomic E-state index is 13.9. The number of likely N-dealkylation sites (tertiary alicyclic amines) is 2. The minimum Gasteiger partial charge on any atom is -0.396 e. The highest BCUT2D eigenvalue weighted by Crippen LogP contribution is 2.41. The Morgan fingerprint density at radius 2 is 1.92 bits per heavy atom. The Bertz CT molecular complexity index is 655. The van der Waals surface area contributed by atoms with E-state index in [0.717, 1.165) is 19.4 Å². The molecular formula is C17H21F3N2O2. The van der Waals surface area contributed by atoms with Crippen LogP contribution in [-0.4, -0.2) is 60.1 Å². The summed E-state index contributed by atoms with van der Waals surface area (Å²) in [6.45, 7) is 1.62. The van der Waals surface area contributed by atoms with Crippen molar-refractivity contribution in [3.8, 4) is 0 Å². The number of halogens is 3. The zero-order chi connectivity index (χ0) is 17.5. The second-order valence-electron chi connectivity index (χ2n) is 6.87. The van der Waals surface area contributed by atoms with E-state index >= 15 is 0 Å². The second-order valence-corrected chi connectivity index (χ2v) is 6.87. The van der Waals surface area contributed by atoms with Gasteiger partial charge in [0.1, 0.15) is 5.82 Å². The molecule has 0 radical (unpaired) electrons. The molecule has 0 unspecified atom stereocenters. The third-order valence-corrected chi connectivity index (χ3v) is 5.54. The molecule has 0 aromatic heterocycles. The quantitative estimate of drug-likeness (QED) is 0.837. The van der Waals surface area contributed by atoms with Crippen LogP contribution in [-0.2, 0) is 0 Å². The lowest BCUT2D eigenvalue weighted by atomic mass is 9.69. The Kier molecular flexibility index (Phi) is 4.57. The molecule has 2 saturated heterocycles. The molecule has 0 spiro atoms. The van der Waals surface area contributed by atoms with Gasteiger partial charge in [-0.2, -0.15) is 0 Å². The predicted molar refractivity (Wildman–Crippen MR) is 82.0 cm³/mol. The molecule has 0 saturated carbocycles. The summed E-state index contributed by atoms with van der Waals surface area (Å²) in [5, 5.41) is 9.87. The van der Waals surface area contributed by atoms with Gasteiger partial charge in [-0.3, -0.25) is 4.79 Å². The maximum Gasteiger partial charge on any atom is 0.256 e. The van der Waals surface area contributed by atoms with Crippen molar-refractivity contribution in [1.82, 2.24) is 9.80 Å². The summed E-state index contributed by atoms with van der Waals surface area (Å²) >= 11 is 0. The first-order chi connectivity index (χ1) is 11.4. The van der Waals surface area contributed by atoms with Crippen molar-refractivity contribution < 1.29 is 23.1 Å². The number of aliphatic hydroxyl groups is 1. The number of hydrogen-bond acceptors (Lipinski definition) is 3. The van der Waals surface area contributed by atoms with E-state index < -0.39 is 28.9 Å². The van der Waals surface area contributed by atoms with Gasteiger partial charge in [0.05, 0.1) is 12.2 Å². The van der Waals surface area contributed by atoms with Gasteiger partial charge < -0.3 is 14.9 Å². The highest BCUT2D eigenvalue weighted by atomic mass is 19.2. The molecule has 2 atom stereocenters. The number of carbonyl (C=O) groups excluding carboxylic acids is 1. The molecule has 1 aromatic carbocycles. The second kappa shape index (κ2) is 6.37. The van der Waals surface area contributed by atoms with Crippen LogP contribution in [0.4, 0.5) is 13.2 Å². The standard InChI is InChI=1S/C17H21F3N2O2/c1-21-5-2-3-17(10-23)4-6-22(9-15(17)21)16(24)11-7-13(19)14(20)8-12(11)18/h7-8,15,23H,2-6,9-10H2,1H3/t15-,17-/m1/s1. The number of amides is 1. The normalized spacial score (nSPS) is 27.9. The van der Waals surface area contributed by atoms with Gasteiger partial charge in [-0.1, -0.05) is 0 Å². The van der Waals surface area contributed by atoms with Crippen LogP contribution in [0, 0.1) is 22.9 Å². The number of aliphatic hydroxyl groups excluding tert-OH is 1. The van der Waals surface area contributed by atoms with Gasteiger partial charge in [0.15, 0.2) is 11.6 Å². The van der Waals surface area contributed by atoms with E-state index in [1.54, 1.807) is 0 Å². The summed E-state index contributed by atoms with van der Waals surface area (Å²) in [7, 11) is 1.94. The summed E-state index contributed by atoms with van der Waals surface area (Å²) < 4.78 is 40.3. The van der Waals surface area contributed by atoms with Crippen LogP contribution < -0.4 is 0 Å². The topological polar surface area (TPSA) is 43.8 Å². The Morgan fingerprint density at radius 3 is 2.62 bits per heavy atom. The van der Waals surface area contributed by atoms with Gasteiger partial charge >= 0.3 is 0 Å². The minimum absolute atomic E-state index is 0.0256. The van der Waals surface area contributed by atoms with Gasteiger partial charge in [0, 0.05) is 30.6 Å². The van der Waals surface area contributed by atoms with Gasteiger partial charge in [0.25, 0.3) is 5.91 Å². The van der Waals surface area contributed by atoms with E-state index in [4.69, 9.17) is 0 Å². The summed E-state index contributed by atoms with van der Waals surface area (Å²) in [6, 6.07) is 0.991. The van der Waals surface area contributed by atoms with E-state index in [1.807, 2.05) is 7.05 Å².